The Hall–Kier alpha value is -1.06. The first kappa shape index (κ1) is 12.4. The zero-order valence-corrected chi connectivity index (χ0v) is 10.7. The van der Waals surface area contributed by atoms with Gasteiger partial charge in [-0.15, -0.1) is 0 Å². The van der Waals surface area contributed by atoms with E-state index in [1.165, 1.54) is 12.8 Å². The molecule has 1 aromatic carbocycles. The van der Waals surface area contributed by atoms with Gasteiger partial charge >= 0.3 is 0 Å². The van der Waals surface area contributed by atoms with Crippen molar-refractivity contribution in [3.63, 3.8) is 0 Å². The zero-order chi connectivity index (χ0) is 12.3. The van der Waals surface area contributed by atoms with Crippen molar-refractivity contribution in [2.45, 2.75) is 31.8 Å². The van der Waals surface area contributed by atoms with E-state index in [2.05, 4.69) is 24.2 Å². The van der Waals surface area contributed by atoms with E-state index < -0.39 is 0 Å². The number of para-hydroxylation sites is 1. The third-order valence-corrected chi connectivity index (χ3v) is 3.72. The molecule has 2 N–H and O–H groups in total. The normalized spacial score (nSPS) is 21.9. The van der Waals surface area contributed by atoms with Gasteiger partial charge in [-0.2, -0.15) is 0 Å². The number of phenolic OH excluding ortho intramolecular Hbond substituents is 1. The first-order valence-electron chi connectivity index (χ1n) is 6.40. The molecule has 1 fully saturated rings. The van der Waals surface area contributed by atoms with E-state index in [1.807, 2.05) is 18.2 Å². The van der Waals surface area contributed by atoms with Crippen LogP contribution < -0.4 is 5.32 Å². The van der Waals surface area contributed by atoms with E-state index in [9.17, 15) is 5.11 Å². The number of nitrogens with zero attached hydrogens (tertiary/aromatic N) is 1. The van der Waals surface area contributed by atoms with E-state index in [0.29, 0.717) is 11.8 Å². The molecule has 0 saturated carbocycles. The summed E-state index contributed by atoms with van der Waals surface area (Å²) in [5.74, 6) is 0.395. The van der Waals surface area contributed by atoms with Gasteiger partial charge in [-0.05, 0) is 39.4 Å². The molecule has 17 heavy (non-hydrogen) atoms. The number of nitrogens with one attached hydrogen (secondary N) is 1. The molecule has 3 nitrogen and oxygen atoms in total. The Balaban J connectivity index is 1.98. The van der Waals surface area contributed by atoms with Crippen molar-refractivity contribution in [2.75, 3.05) is 20.1 Å². The Morgan fingerprint density at radius 1 is 1.47 bits per heavy atom. The second-order valence-corrected chi connectivity index (χ2v) is 4.97. The van der Waals surface area contributed by atoms with Crippen molar-refractivity contribution in [3.05, 3.63) is 29.8 Å². The number of rotatable bonds is 4. The van der Waals surface area contributed by atoms with Crippen molar-refractivity contribution in [1.82, 2.24) is 10.2 Å². The molecule has 0 spiro atoms. The Morgan fingerprint density at radius 3 is 2.88 bits per heavy atom. The molecule has 3 heteroatoms. The Morgan fingerprint density at radius 2 is 2.24 bits per heavy atom. The molecule has 0 amide bonds. The molecule has 1 aliphatic heterocycles. The van der Waals surface area contributed by atoms with Crippen molar-refractivity contribution in [2.24, 2.45) is 0 Å². The molecule has 0 bridgehead atoms. The molecule has 94 valence electrons. The Kier molecular flexibility index (Phi) is 4.02. The van der Waals surface area contributed by atoms with Crippen LogP contribution in [0.1, 0.15) is 31.4 Å². The lowest BCUT2D eigenvalue weighted by Crippen LogP contribution is -2.36. The average molecular weight is 234 g/mol. The second kappa shape index (κ2) is 5.52. The molecule has 0 aromatic heterocycles. The van der Waals surface area contributed by atoms with Crippen LogP contribution in [0.4, 0.5) is 0 Å². The van der Waals surface area contributed by atoms with Crippen LogP contribution in [0, 0.1) is 0 Å². The summed E-state index contributed by atoms with van der Waals surface area (Å²) in [4.78, 5) is 2.30. The van der Waals surface area contributed by atoms with Crippen molar-refractivity contribution < 1.29 is 5.11 Å². The molecular weight excluding hydrogens is 212 g/mol. The Bertz CT molecular complexity index is 361. The van der Waals surface area contributed by atoms with E-state index in [1.54, 1.807) is 6.07 Å². The van der Waals surface area contributed by atoms with Crippen LogP contribution in [0.15, 0.2) is 24.3 Å². The van der Waals surface area contributed by atoms with Crippen molar-refractivity contribution in [3.8, 4) is 5.75 Å². The highest BCUT2D eigenvalue weighted by Crippen LogP contribution is 2.27. The quantitative estimate of drug-likeness (QED) is 0.838. The molecule has 0 radical (unpaired) electrons. The molecule has 2 atom stereocenters. The summed E-state index contributed by atoms with van der Waals surface area (Å²) < 4.78 is 0. The first-order chi connectivity index (χ1) is 8.18. The van der Waals surface area contributed by atoms with E-state index in [0.717, 1.165) is 18.7 Å². The van der Waals surface area contributed by atoms with Crippen molar-refractivity contribution in [1.29, 1.82) is 0 Å². The fourth-order valence-corrected chi connectivity index (χ4v) is 2.50. The first-order valence-corrected chi connectivity index (χ1v) is 6.40. The summed E-state index contributed by atoms with van der Waals surface area (Å²) in [5.41, 5.74) is 1.01. The SMILES string of the molecule is CC(c1ccccc1O)N(C)CC1CCCN1. The van der Waals surface area contributed by atoms with Crippen LogP contribution in [0.2, 0.25) is 0 Å². The van der Waals surface area contributed by atoms with E-state index >= 15 is 0 Å². The number of phenols is 1. The van der Waals surface area contributed by atoms with Crippen LogP contribution in [-0.2, 0) is 0 Å². The molecule has 0 aliphatic carbocycles. The summed E-state index contributed by atoms with van der Waals surface area (Å²) in [7, 11) is 2.12. The van der Waals surface area contributed by atoms with Gasteiger partial charge < -0.3 is 10.4 Å². The Labute approximate surface area is 103 Å². The number of likely N-dealkylation sites (N-methyl/N-ethyl adjacent to an activating group) is 1. The molecule has 2 unspecified atom stereocenters. The lowest BCUT2D eigenvalue weighted by molar-refractivity contribution is 0.234. The third kappa shape index (κ3) is 2.99. The minimum atomic E-state index is 0.249. The van der Waals surface area contributed by atoms with Gasteiger partial charge in [0.05, 0.1) is 0 Å². The highest BCUT2D eigenvalue weighted by molar-refractivity contribution is 5.34. The number of hydrogen-bond donors (Lipinski definition) is 2. The highest BCUT2D eigenvalue weighted by atomic mass is 16.3. The maximum atomic E-state index is 9.85. The average Bonchev–Trinajstić information content (AvgIpc) is 2.81. The lowest BCUT2D eigenvalue weighted by Gasteiger charge is -2.28. The summed E-state index contributed by atoms with van der Waals surface area (Å²) in [6.45, 7) is 4.32. The molecule has 1 aliphatic rings. The van der Waals surface area contributed by atoms with Gasteiger partial charge in [-0.3, -0.25) is 4.90 Å². The fourth-order valence-electron chi connectivity index (χ4n) is 2.50. The number of aromatic hydroxyl groups is 1. The van der Waals surface area contributed by atoms with Crippen LogP contribution >= 0.6 is 0 Å². The van der Waals surface area contributed by atoms with Gasteiger partial charge in [-0.25, -0.2) is 0 Å². The van der Waals surface area contributed by atoms with Gasteiger partial charge in [0.25, 0.3) is 0 Å². The van der Waals surface area contributed by atoms with Gasteiger partial charge in [0.1, 0.15) is 5.75 Å². The maximum absolute atomic E-state index is 9.85. The van der Waals surface area contributed by atoms with Crippen LogP contribution in [0.25, 0.3) is 0 Å². The summed E-state index contributed by atoms with van der Waals surface area (Å²) in [6, 6.07) is 8.45. The zero-order valence-electron chi connectivity index (χ0n) is 10.7. The molecular formula is C14H22N2O. The largest absolute Gasteiger partial charge is 0.508 e. The third-order valence-electron chi connectivity index (χ3n) is 3.72. The molecule has 2 rings (SSSR count). The fraction of sp³-hybridized carbons (Fsp3) is 0.571. The summed E-state index contributed by atoms with van der Waals surface area (Å²) >= 11 is 0. The van der Waals surface area contributed by atoms with Gasteiger partial charge in [0.15, 0.2) is 0 Å². The summed E-state index contributed by atoms with van der Waals surface area (Å²) in [6.07, 6.45) is 2.54. The maximum Gasteiger partial charge on any atom is 0.120 e. The summed E-state index contributed by atoms with van der Waals surface area (Å²) in [5, 5.41) is 13.4. The standard InChI is InChI=1S/C14H22N2O/c1-11(13-7-3-4-8-14(13)17)16(2)10-12-6-5-9-15-12/h3-4,7-8,11-12,15,17H,5-6,9-10H2,1-2H3. The predicted molar refractivity (Wildman–Crippen MR) is 70.2 cm³/mol. The second-order valence-electron chi connectivity index (χ2n) is 4.97. The van der Waals surface area contributed by atoms with Gasteiger partial charge in [-0.1, -0.05) is 18.2 Å². The number of benzene rings is 1. The minimum absolute atomic E-state index is 0.249. The minimum Gasteiger partial charge on any atom is -0.508 e. The van der Waals surface area contributed by atoms with E-state index in [4.69, 9.17) is 0 Å². The van der Waals surface area contributed by atoms with Crippen LogP contribution in [0.3, 0.4) is 0 Å². The van der Waals surface area contributed by atoms with E-state index in [-0.39, 0.29) is 6.04 Å². The molecule has 1 saturated heterocycles. The molecule has 1 aromatic rings. The number of hydrogen-bond acceptors (Lipinski definition) is 3. The van der Waals surface area contributed by atoms with Crippen LogP contribution in [-0.4, -0.2) is 36.2 Å². The van der Waals surface area contributed by atoms with Crippen LogP contribution in [0.5, 0.6) is 5.75 Å². The topological polar surface area (TPSA) is 35.5 Å². The smallest absolute Gasteiger partial charge is 0.120 e. The monoisotopic (exact) mass is 234 g/mol. The predicted octanol–water partition coefficient (Wildman–Crippen LogP) is 2.14. The van der Waals surface area contributed by atoms with Gasteiger partial charge in [0, 0.05) is 24.2 Å². The highest BCUT2D eigenvalue weighted by Gasteiger charge is 2.20. The molecule has 1 heterocycles. The van der Waals surface area contributed by atoms with Crippen molar-refractivity contribution >= 4 is 0 Å². The van der Waals surface area contributed by atoms with Gasteiger partial charge in [0.2, 0.25) is 0 Å². The lowest BCUT2D eigenvalue weighted by atomic mass is 10.1.